The van der Waals surface area contributed by atoms with Crippen LogP contribution in [0.25, 0.3) is 0 Å². The average molecular weight is 296 g/mol. The van der Waals surface area contributed by atoms with Gasteiger partial charge in [-0.1, -0.05) is 6.92 Å². The molecule has 1 rings (SSSR count). The van der Waals surface area contributed by atoms with E-state index in [1.807, 2.05) is 0 Å². The zero-order valence-electron chi connectivity index (χ0n) is 6.90. The van der Waals surface area contributed by atoms with E-state index in [9.17, 15) is 13.6 Å². The van der Waals surface area contributed by atoms with Crippen molar-refractivity contribution in [2.24, 2.45) is 0 Å². The summed E-state index contributed by atoms with van der Waals surface area (Å²) in [6.07, 6.45) is 0.105. The lowest BCUT2D eigenvalue weighted by Gasteiger charge is -2.03. The molecule has 0 heterocycles. The van der Waals surface area contributed by atoms with E-state index in [4.69, 9.17) is 0 Å². The first kappa shape index (κ1) is 10.6. The van der Waals surface area contributed by atoms with Crippen molar-refractivity contribution in [3.05, 3.63) is 32.9 Å². The highest BCUT2D eigenvalue weighted by Gasteiger charge is 2.17. The van der Waals surface area contributed by atoms with E-state index in [1.165, 1.54) is 6.07 Å². The molecule has 13 heavy (non-hydrogen) atoms. The van der Waals surface area contributed by atoms with Crippen LogP contribution < -0.4 is 0 Å². The van der Waals surface area contributed by atoms with Gasteiger partial charge < -0.3 is 0 Å². The fraction of sp³-hybridized carbons (Fsp3) is 0.222. The Labute approximate surface area is 88.3 Å². The topological polar surface area (TPSA) is 17.1 Å². The molecule has 0 bridgehead atoms. The monoisotopic (exact) mass is 296 g/mol. The van der Waals surface area contributed by atoms with E-state index in [2.05, 4.69) is 0 Å². The molecule has 0 atom stereocenters. The maximum absolute atomic E-state index is 13.2. The number of hydrogen-bond donors (Lipinski definition) is 0. The zero-order valence-corrected chi connectivity index (χ0v) is 9.06. The van der Waals surface area contributed by atoms with Crippen LogP contribution in [0.4, 0.5) is 8.78 Å². The highest BCUT2D eigenvalue weighted by molar-refractivity contribution is 14.1. The summed E-state index contributed by atoms with van der Waals surface area (Å²) in [5.74, 6) is -2.05. The van der Waals surface area contributed by atoms with Crippen molar-refractivity contribution >= 4 is 28.4 Å². The van der Waals surface area contributed by atoms with Crippen molar-refractivity contribution in [2.75, 3.05) is 0 Å². The third-order valence-electron chi connectivity index (χ3n) is 1.64. The third kappa shape index (κ3) is 2.04. The quantitative estimate of drug-likeness (QED) is 0.465. The zero-order chi connectivity index (χ0) is 10.0. The summed E-state index contributed by atoms with van der Waals surface area (Å²) in [5.41, 5.74) is -0.422. The van der Waals surface area contributed by atoms with Crippen LogP contribution in [-0.2, 0) is 0 Å². The second-order valence-corrected chi connectivity index (χ2v) is 3.66. The van der Waals surface area contributed by atoms with E-state index < -0.39 is 23.0 Å². The third-order valence-corrected chi connectivity index (χ3v) is 2.48. The van der Waals surface area contributed by atoms with Crippen LogP contribution in [0.5, 0.6) is 0 Å². The van der Waals surface area contributed by atoms with E-state index in [0.717, 1.165) is 6.07 Å². The summed E-state index contributed by atoms with van der Waals surface area (Å²) in [6.45, 7) is 1.57. The fourth-order valence-electron chi connectivity index (χ4n) is 0.959. The lowest BCUT2D eigenvalue weighted by molar-refractivity contribution is 0.0980. The van der Waals surface area contributed by atoms with Gasteiger partial charge in [0, 0.05) is 9.99 Å². The summed E-state index contributed by atoms with van der Waals surface area (Å²) < 4.78 is 26.5. The molecular weight excluding hydrogens is 289 g/mol. The van der Waals surface area contributed by atoms with Gasteiger partial charge in [-0.2, -0.15) is 0 Å². The molecule has 0 spiro atoms. The van der Waals surface area contributed by atoms with E-state index in [-0.39, 0.29) is 9.99 Å². The van der Waals surface area contributed by atoms with Gasteiger partial charge in [0.05, 0.1) is 5.56 Å². The van der Waals surface area contributed by atoms with Gasteiger partial charge in [-0.05, 0) is 34.7 Å². The highest BCUT2D eigenvalue weighted by Crippen LogP contribution is 2.19. The van der Waals surface area contributed by atoms with Crippen LogP contribution in [0.3, 0.4) is 0 Å². The first-order valence-electron chi connectivity index (χ1n) is 3.74. The number of halogens is 3. The fourth-order valence-corrected chi connectivity index (χ4v) is 1.41. The predicted molar refractivity (Wildman–Crippen MR) is 53.7 cm³/mol. The normalized spacial score (nSPS) is 10.2. The van der Waals surface area contributed by atoms with Crippen LogP contribution in [0.1, 0.15) is 23.7 Å². The molecule has 1 aromatic rings. The number of hydrogen-bond acceptors (Lipinski definition) is 1. The molecule has 0 aromatic heterocycles. The lowest BCUT2D eigenvalue weighted by Crippen LogP contribution is -2.05. The van der Waals surface area contributed by atoms with Gasteiger partial charge in [0.2, 0.25) is 0 Å². The molecule has 0 aliphatic heterocycles. The number of carbonyl (C=O) groups is 1. The number of carbonyl (C=O) groups excluding carboxylic acids is 1. The standard InChI is InChI=1S/C9H7F2IO/c1-2-7(13)8-5(10)3-4-6(12)9(8)11/h3-4H,2H2,1H3. The molecule has 1 nitrogen and oxygen atoms in total. The number of Topliss-reactive ketones (excluding diaryl/α,β-unsaturated/α-hetero) is 1. The van der Waals surface area contributed by atoms with Crippen molar-refractivity contribution in [3.8, 4) is 0 Å². The Kier molecular flexibility index (Phi) is 3.35. The summed E-state index contributed by atoms with van der Waals surface area (Å²) in [5, 5.41) is 0. The van der Waals surface area contributed by atoms with Crippen LogP contribution in [0.15, 0.2) is 12.1 Å². The largest absolute Gasteiger partial charge is 0.294 e. The molecule has 0 saturated heterocycles. The van der Waals surface area contributed by atoms with Gasteiger partial charge in [-0.15, -0.1) is 0 Å². The van der Waals surface area contributed by atoms with Crippen molar-refractivity contribution in [1.82, 2.24) is 0 Å². The first-order chi connectivity index (χ1) is 6.07. The maximum Gasteiger partial charge on any atom is 0.168 e. The van der Waals surface area contributed by atoms with E-state index in [1.54, 1.807) is 29.5 Å². The van der Waals surface area contributed by atoms with Crippen molar-refractivity contribution < 1.29 is 13.6 Å². The van der Waals surface area contributed by atoms with Crippen LogP contribution in [-0.4, -0.2) is 5.78 Å². The molecule has 0 fully saturated rings. The molecule has 0 saturated carbocycles. The number of rotatable bonds is 2. The molecule has 0 aliphatic rings. The SMILES string of the molecule is CCC(=O)c1c(F)ccc(I)c1F. The van der Waals surface area contributed by atoms with Crippen LogP contribution >= 0.6 is 22.6 Å². The van der Waals surface area contributed by atoms with Gasteiger partial charge >= 0.3 is 0 Å². The van der Waals surface area contributed by atoms with Crippen molar-refractivity contribution in [1.29, 1.82) is 0 Å². The average Bonchev–Trinajstić information content (AvgIpc) is 2.12. The smallest absolute Gasteiger partial charge is 0.168 e. The second-order valence-electron chi connectivity index (χ2n) is 2.49. The Morgan fingerprint density at radius 3 is 2.62 bits per heavy atom. The summed E-state index contributed by atoms with van der Waals surface area (Å²) in [7, 11) is 0. The van der Waals surface area contributed by atoms with Gasteiger partial charge in [-0.3, -0.25) is 4.79 Å². The Morgan fingerprint density at radius 1 is 1.46 bits per heavy atom. The molecule has 0 amide bonds. The molecule has 0 radical (unpaired) electrons. The number of benzene rings is 1. The van der Waals surface area contributed by atoms with Crippen LogP contribution in [0.2, 0.25) is 0 Å². The second kappa shape index (κ2) is 4.13. The van der Waals surface area contributed by atoms with E-state index in [0.29, 0.717) is 0 Å². The van der Waals surface area contributed by atoms with E-state index >= 15 is 0 Å². The summed E-state index contributed by atoms with van der Waals surface area (Å²) >= 11 is 1.72. The molecular formula is C9H7F2IO. The lowest BCUT2D eigenvalue weighted by atomic mass is 10.1. The molecule has 1 aromatic carbocycles. The van der Waals surface area contributed by atoms with Gasteiger partial charge in [0.1, 0.15) is 11.6 Å². The van der Waals surface area contributed by atoms with Crippen molar-refractivity contribution in [2.45, 2.75) is 13.3 Å². The minimum Gasteiger partial charge on any atom is -0.294 e. The molecule has 0 N–H and O–H groups in total. The first-order valence-corrected chi connectivity index (χ1v) is 4.82. The predicted octanol–water partition coefficient (Wildman–Crippen LogP) is 3.16. The van der Waals surface area contributed by atoms with Crippen molar-refractivity contribution in [3.63, 3.8) is 0 Å². The van der Waals surface area contributed by atoms with Gasteiger partial charge in [-0.25, -0.2) is 8.78 Å². The molecule has 4 heteroatoms. The molecule has 0 unspecified atom stereocenters. The summed E-state index contributed by atoms with van der Waals surface area (Å²) in [4.78, 5) is 11.1. The minimum absolute atomic E-state index is 0.105. The minimum atomic E-state index is -0.787. The Morgan fingerprint density at radius 2 is 2.08 bits per heavy atom. The van der Waals surface area contributed by atoms with Crippen LogP contribution in [0, 0.1) is 15.2 Å². The maximum atomic E-state index is 13.2. The Bertz CT molecular complexity index is 350. The summed E-state index contributed by atoms with van der Waals surface area (Å²) in [6, 6.07) is 2.41. The van der Waals surface area contributed by atoms with Gasteiger partial charge in [0.15, 0.2) is 5.78 Å². The number of ketones is 1. The Hall–Kier alpha value is -0.520. The molecule has 0 aliphatic carbocycles. The molecule has 70 valence electrons. The highest BCUT2D eigenvalue weighted by atomic mass is 127. The van der Waals surface area contributed by atoms with Gasteiger partial charge in [0.25, 0.3) is 0 Å². The Balaban J connectivity index is 3.33.